The summed E-state index contributed by atoms with van der Waals surface area (Å²) in [5.41, 5.74) is 2.04. The van der Waals surface area contributed by atoms with Crippen molar-refractivity contribution in [1.82, 2.24) is 20.9 Å². The zero-order valence-corrected chi connectivity index (χ0v) is 24.6. The van der Waals surface area contributed by atoms with E-state index in [4.69, 9.17) is 0 Å². The van der Waals surface area contributed by atoms with Crippen molar-refractivity contribution in [3.8, 4) is 0 Å². The lowest BCUT2D eigenvalue weighted by Crippen LogP contribution is -2.55. The molecule has 2 aromatic carbocycles. The van der Waals surface area contributed by atoms with Crippen LogP contribution in [0.3, 0.4) is 0 Å². The van der Waals surface area contributed by atoms with Gasteiger partial charge in [-0.25, -0.2) is 13.8 Å². The van der Waals surface area contributed by atoms with Gasteiger partial charge in [0, 0.05) is 37.0 Å². The molecular formula is C33H35F2N5O3. The number of fused-ring (bicyclic) bond motifs is 2. The van der Waals surface area contributed by atoms with Crippen molar-refractivity contribution in [3.05, 3.63) is 101 Å². The van der Waals surface area contributed by atoms with Gasteiger partial charge in [-0.05, 0) is 98.7 Å². The lowest BCUT2D eigenvalue weighted by molar-refractivity contribution is -0.143. The fourth-order valence-corrected chi connectivity index (χ4v) is 5.76. The molecule has 1 spiro atoms. The Balaban J connectivity index is 1.41. The van der Waals surface area contributed by atoms with Gasteiger partial charge in [0.25, 0.3) is 0 Å². The Labute approximate surface area is 249 Å². The predicted molar refractivity (Wildman–Crippen MR) is 161 cm³/mol. The van der Waals surface area contributed by atoms with Crippen LogP contribution in [0.25, 0.3) is 10.9 Å². The molecule has 1 aromatic heterocycles. The highest BCUT2D eigenvalue weighted by Gasteiger charge is 2.50. The second-order valence-corrected chi connectivity index (χ2v) is 12.2. The van der Waals surface area contributed by atoms with Crippen LogP contribution in [0.5, 0.6) is 0 Å². The first-order valence-corrected chi connectivity index (χ1v) is 14.0. The number of nitrogens with zero attached hydrogens (tertiary/aromatic N) is 2. The number of aromatic nitrogens is 1. The van der Waals surface area contributed by atoms with Crippen LogP contribution in [0.15, 0.2) is 71.6 Å². The number of aliphatic carboxylic acids is 1. The van der Waals surface area contributed by atoms with Crippen molar-refractivity contribution in [2.45, 2.75) is 58.2 Å². The number of amides is 1. The van der Waals surface area contributed by atoms with E-state index in [2.05, 4.69) is 38.6 Å². The van der Waals surface area contributed by atoms with Crippen LogP contribution in [0, 0.1) is 17.0 Å². The van der Waals surface area contributed by atoms with Gasteiger partial charge >= 0.3 is 5.97 Å². The Bertz CT molecular complexity index is 1700. The number of benzene rings is 2. The van der Waals surface area contributed by atoms with Gasteiger partial charge in [-0.3, -0.25) is 14.6 Å². The van der Waals surface area contributed by atoms with Gasteiger partial charge in [-0.1, -0.05) is 12.7 Å². The molecule has 2 atom stereocenters. The van der Waals surface area contributed by atoms with E-state index >= 15 is 0 Å². The van der Waals surface area contributed by atoms with E-state index in [1.54, 1.807) is 25.4 Å². The molecule has 2 aliphatic rings. The number of hydrogen-bond acceptors (Lipinski definition) is 6. The lowest BCUT2D eigenvalue weighted by atomic mass is 9.79. The number of aliphatic imine (C=N–C) groups is 1. The number of carboxylic acids is 1. The molecular weight excluding hydrogens is 552 g/mol. The molecule has 1 unspecified atom stereocenters. The fourth-order valence-electron chi connectivity index (χ4n) is 5.76. The topological polar surface area (TPSA) is 116 Å². The van der Waals surface area contributed by atoms with E-state index in [-0.39, 0.29) is 12.5 Å². The molecule has 5 rings (SSSR count). The van der Waals surface area contributed by atoms with Gasteiger partial charge in [0.05, 0.1) is 16.5 Å². The fraction of sp³-hybridized carbons (Fsp3) is 0.333. The molecule has 0 fully saturated rings. The van der Waals surface area contributed by atoms with Crippen LogP contribution in [0.1, 0.15) is 49.9 Å². The van der Waals surface area contributed by atoms with Crippen LogP contribution in [0.2, 0.25) is 0 Å². The number of hydrogen-bond donors (Lipinski definition) is 4. The minimum absolute atomic E-state index is 0.0629. The van der Waals surface area contributed by atoms with Crippen LogP contribution in [0.4, 0.5) is 8.78 Å². The molecule has 10 heteroatoms. The van der Waals surface area contributed by atoms with Gasteiger partial charge in [0.15, 0.2) is 0 Å². The smallest absolute Gasteiger partial charge is 0.323 e. The van der Waals surface area contributed by atoms with E-state index in [9.17, 15) is 23.5 Å². The first-order valence-electron chi connectivity index (χ1n) is 14.0. The molecule has 3 aromatic rings. The van der Waals surface area contributed by atoms with Crippen LogP contribution < -0.4 is 16.0 Å². The summed E-state index contributed by atoms with van der Waals surface area (Å²) >= 11 is 0. The summed E-state index contributed by atoms with van der Waals surface area (Å²) in [5.74, 6) is -1.99. The summed E-state index contributed by atoms with van der Waals surface area (Å²) < 4.78 is 28.4. The molecule has 43 heavy (non-hydrogen) atoms. The van der Waals surface area contributed by atoms with E-state index in [0.717, 1.165) is 39.2 Å². The minimum Gasteiger partial charge on any atom is -0.480 e. The number of carboxylic acid groups (broad SMARTS) is 1. The maximum Gasteiger partial charge on any atom is 0.323 e. The molecule has 1 aliphatic heterocycles. The molecule has 2 heterocycles. The van der Waals surface area contributed by atoms with Crippen molar-refractivity contribution >= 4 is 29.0 Å². The first kappa shape index (κ1) is 30.2. The van der Waals surface area contributed by atoms with Gasteiger partial charge in [-0.2, -0.15) is 0 Å². The Morgan fingerprint density at radius 1 is 1.12 bits per heavy atom. The van der Waals surface area contributed by atoms with E-state index in [1.165, 1.54) is 26.0 Å². The average Bonchev–Trinajstić information content (AvgIpc) is 3.44. The molecule has 0 radical (unpaired) electrons. The number of carbonyl (C=O) groups is 2. The van der Waals surface area contributed by atoms with Crippen molar-refractivity contribution in [1.29, 1.82) is 0 Å². The lowest BCUT2D eigenvalue weighted by Gasteiger charge is -2.35. The highest BCUT2D eigenvalue weighted by atomic mass is 19.1. The third-order valence-electron chi connectivity index (χ3n) is 8.69. The molecule has 0 saturated carbocycles. The van der Waals surface area contributed by atoms with Crippen molar-refractivity contribution in [2.75, 3.05) is 6.54 Å². The standard InChI is InChI=1S/C33H35F2N5O3/c1-6-7-36-28-19(2)33(29(41)40-28)14-22-9-21-8-20(16-37-27(21)10-23(22)15-33)17-38-32(5,18-39-31(3,4)30(42)43)24-11-25(34)13-26(35)12-24/h6-13,16,38-39H,1,14-15,17-18H2,2-5H3,(H,40,41)(H,42,43)/b36-7-/t32?,33-/m0/s1. The second-order valence-electron chi connectivity index (χ2n) is 12.2. The highest BCUT2D eigenvalue weighted by molar-refractivity contribution is 5.94. The Hall–Kier alpha value is -4.28. The molecule has 224 valence electrons. The van der Waals surface area contributed by atoms with E-state index in [0.29, 0.717) is 30.8 Å². The SMILES string of the molecule is C=C/C=N\C1=C(C)[C@@]2(Cc3cc4cc(CNC(C)(CNC(C)(C)C(=O)O)c5cc(F)cc(F)c5)cnc4cc3C2)C(=O)N1. The van der Waals surface area contributed by atoms with Crippen molar-refractivity contribution in [3.63, 3.8) is 0 Å². The molecule has 4 N–H and O–H groups in total. The van der Waals surface area contributed by atoms with Gasteiger partial charge in [0.1, 0.15) is 23.0 Å². The predicted octanol–water partition coefficient (Wildman–Crippen LogP) is 4.67. The van der Waals surface area contributed by atoms with Crippen molar-refractivity contribution < 1.29 is 23.5 Å². The van der Waals surface area contributed by atoms with Crippen molar-refractivity contribution in [2.24, 2.45) is 10.4 Å². The first-order chi connectivity index (χ1) is 20.3. The number of rotatable bonds is 10. The molecule has 0 bridgehead atoms. The van der Waals surface area contributed by atoms with E-state index in [1.807, 2.05) is 19.1 Å². The quantitative estimate of drug-likeness (QED) is 0.256. The Morgan fingerprint density at radius 3 is 2.44 bits per heavy atom. The Kier molecular flexibility index (Phi) is 7.79. The van der Waals surface area contributed by atoms with Crippen LogP contribution in [-0.2, 0) is 34.5 Å². The zero-order chi connectivity index (χ0) is 31.2. The third kappa shape index (κ3) is 5.72. The maximum atomic E-state index is 14.2. The zero-order valence-electron chi connectivity index (χ0n) is 24.6. The molecule has 0 saturated heterocycles. The minimum atomic E-state index is -1.26. The second kappa shape index (κ2) is 11.1. The normalized spacial score (nSPS) is 19.7. The number of halogens is 2. The van der Waals surface area contributed by atoms with Gasteiger partial charge in [0.2, 0.25) is 5.91 Å². The molecule has 8 nitrogen and oxygen atoms in total. The van der Waals surface area contributed by atoms with E-state index < -0.39 is 34.1 Å². The third-order valence-corrected chi connectivity index (χ3v) is 8.69. The molecule has 1 aliphatic carbocycles. The summed E-state index contributed by atoms with van der Waals surface area (Å²) in [5, 5.41) is 19.8. The largest absolute Gasteiger partial charge is 0.480 e. The van der Waals surface area contributed by atoms with Crippen LogP contribution in [-0.4, -0.2) is 40.3 Å². The summed E-state index contributed by atoms with van der Waals surface area (Å²) in [6.45, 7) is 10.8. The van der Waals surface area contributed by atoms with Gasteiger partial charge < -0.3 is 21.1 Å². The summed E-state index contributed by atoms with van der Waals surface area (Å²) in [6.07, 6.45) is 5.99. The summed E-state index contributed by atoms with van der Waals surface area (Å²) in [4.78, 5) is 33.8. The number of nitrogens with one attached hydrogen (secondary N) is 3. The molecule has 1 amide bonds. The highest BCUT2D eigenvalue weighted by Crippen LogP contribution is 2.47. The Morgan fingerprint density at radius 2 is 1.79 bits per heavy atom. The maximum absolute atomic E-state index is 14.2. The monoisotopic (exact) mass is 587 g/mol. The summed E-state index contributed by atoms with van der Waals surface area (Å²) in [7, 11) is 0. The number of allylic oxidation sites excluding steroid dienone is 1. The van der Waals surface area contributed by atoms with Crippen LogP contribution >= 0.6 is 0 Å². The number of carbonyl (C=O) groups excluding carboxylic acids is 1. The average molecular weight is 588 g/mol. The number of pyridine rings is 1. The van der Waals surface area contributed by atoms with Gasteiger partial charge in [-0.15, -0.1) is 0 Å². The summed E-state index contributed by atoms with van der Waals surface area (Å²) in [6, 6.07) is 9.38.